The SMILES string of the molecule is BN1/C(=C/C=C2\C(=O)c3ccccc3C2=C(C#N)C#N)C(C)(C)c2c1ccc1ccccc21. The molecule has 0 amide bonds. The van der Waals surface area contributed by atoms with Crippen molar-refractivity contribution in [3.8, 4) is 12.1 Å². The van der Waals surface area contributed by atoms with Gasteiger partial charge in [0.1, 0.15) is 17.7 Å². The summed E-state index contributed by atoms with van der Waals surface area (Å²) in [7, 11) is 2.03. The first-order valence-corrected chi connectivity index (χ1v) is 10.8. The minimum absolute atomic E-state index is 0.0498. The summed E-state index contributed by atoms with van der Waals surface area (Å²) in [5.74, 6) is -0.165. The van der Waals surface area contributed by atoms with E-state index in [1.165, 1.54) is 16.3 Å². The molecule has 33 heavy (non-hydrogen) atoms. The number of carbonyl (C=O) groups is 1. The van der Waals surface area contributed by atoms with Crippen LogP contribution in [0.2, 0.25) is 0 Å². The molecule has 0 unspecified atom stereocenters. The van der Waals surface area contributed by atoms with Crippen LogP contribution in [0.3, 0.4) is 0 Å². The molecule has 3 aromatic carbocycles. The molecule has 0 bridgehead atoms. The van der Waals surface area contributed by atoms with Crippen LogP contribution >= 0.6 is 0 Å². The smallest absolute Gasteiger partial charge is 0.223 e. The van der Waals surface area contributed by atoms with E-state index in [-0.39, 0.29) is 16.8 Å². The van der Waals surface area contributed by atoms with Gasteiger partial charge in [-0.1, -0.05) is 68.4 Å². The first-order chi connectivity index (χ1) is 15.9. The Kier molecular flexibility index (Phi) is 4.59. The Balaban J connectivity index is 1.70. The fourth-order valence-corrected chi connectivity index (χ4v) is 5.22. The molecule has 0 saturated heterocycles. The molecule has 0 atom stereocenters. The highest BCUT2D eigenvalue weighted by Crippen LogP contribution is 2.50. The molecule has 0 aromatic heterocycles. The molecule has 0 spiro atoms. The van der Waals surface area contributed by atoms with Crippen molar-refractivity contribution in [2.45, 2.75) is 19.3 Å². The average Bonchev–Trinajstić information content (AvgIpc) is 3.21. The van der Waals surface area contributed by atoms with E-state index in [4.69, 9.17) is 0 Å². The lowest BCUT2D eigenvalue weighted by molar-refractivity contribution is 0.104. The molecule has 1 aliphatic carbocycles. The molecule has 3 aromatic rings. The number of rotatable bonds is 1. The van der Waals surface area contributed by atoms with E-state index in [2.05, 4.69) is 49.0 Å². The first kappa shape index (κ1) is 20.6. The zero-order valence-electron chi connectivity index (χ0n) is 18.7. The van der Waals surface area contributed by atoms with Crippen LogP contribution < -0.4 is 4.81 Å². The summed E-state index contributed by atoms with van der Waals surface area (Å²) in [5.41, 5.74) is 5.03. The van der Waals surface area contributed by atoms with E-state index in [0.29, 0.717) is 22.3 Å². The number of benzene rings is 3. The van der Waals surface area contributed by atoms with Gasteiger partial charge < -0.3 is 4.81 Å². The number of Topliss-reactive ketones (excluding diaryl/α,β-unsaturated/α-hetero) is 1. The minimum Gasteiger partial charge on any atom is -0.396 e. The predicted octanol–water partition coefficient (Wildman–Crippen LogP) is 4.99. The molecule has 156 valence electrons. The van der Waals surface area contributed by atoms with Crippen molar-refractivity contribution in [1.82, 2.24) is 0 Å². The summed E-state index contributed by atoms with van der Waals surface area (Å²) < 4.78 is 0. The van der Waals surface area contributed by atoms with Gasteiger partial charge in [-0.25, -0.2) is 0 Å². The van der Waals surface area contributed by atoms with Crippen molar-refractivity contribution in [2.24, 2.45) is 0 Å². The van der Waals surface area contributed by atoms with Crippen LogP contribution in [0.5, 0.6) is 0 Å². The molecule has 1 aliphatic heterocycles. The van der Waals surface area contributed by atoms with E-state index in [9.17, 15) is 15.3 Å². The normalized spacial score (nSPS) is 18.4. The second-order valence-corrected chi connectivity index (χ2v) is 8.85. The third-order valence-electron chi connectivity index (χ3n) is 6.73. The quantitative estimate of drug-likeness (QED) is 0.313. The Bertz CT molecular complexity index is 1530. The van der Waals surface area contributed by atoms with Gasteiger partial charge in [-0.3, -0.25) is 4.79 Å². The molecule has 1 heterocycles. The van der Waals surface area contributed by atoms with E-state index in [1.807, 2.05) is 38.3 Å². The maximum absolute atomic E-state index is 13.2. The summed E-state index contributed by atoms with van der Waals surface area (Å²) in [6, 6.07) is 23.7. The molecular weight excluding hydrogens is 405 g/mol. The molecule has 0 N–H and O–H groups in total. The van der Waals surface area contributed by atoms with Crippen molar-refractivity contribution >= 4 is 35.8 Å². The summed E-state index contributed by atoms with van der Waals surface area (Å²) in [6.45, 7) is 4.37. The zero-order chi connectivity index (χ0) is 23.3. The van der Waals surface area contributed by atoms with Crippen molar-refractivity contribution < 1.29 is 4.79 Å². The highest BCUT2D eigenvalue weighted by molar-refractivity contribution is 6.28. The number of ketones is 1. The Morgan fingerprint density at radius 3 is 2.33 bits per heavy atom. The van der Waals surface area contributed by atoms with Gasteiger partial charge in [0.25, 0.3) is 0 Å². The van der Waals surface area contributed by atoms with Gasteiger partial charge in [-0.2, -0.15) is 10.5 Å². The van der Waals surface area contributed by atoms with Crippen LogP contribution in [0.15, 0.2) is 89.7 Å². The second kappa shape index (κ2) is 7.36. The van der Waals surface area contributed by atoms with Crippen molar-refractivity contribution in [3.05, 3.63) is 106 Å². The van der Waals surface area contributed by atoms with Crippen LogP contribution in [0, 0.1) is 22.7 Å². The van der Waals surface area contributed by atoms with Gasteiger partial charge >= 0.3 is 0 Å². The number of carbonyl (C=O) groups excluding carboxylic acids is 1. The van der Waals surface area contributed by atoms with Gasteiger partial charge in [0.05, 0.1) is 0 Å². The summed E-state index contributed by atoms with van der Waals surface area (Å²) in [6.07, 6.45) is 3.73. The lowest BCUT2D eigenvalue weighted by atomic mass is 9.81. The number of allylic oxidation sites excluding steroid dienone is 6. The Labute approximate surface area is 193 Å². The number of anilines is 1. The van der Waals surface area contributed by atoms with Crippen LogP contribution in [0.1, 0.15) is 35.3 Å². The summed E-state index contributed by atoms with van der Waals surface area (Å²) in [4.78, 5) is 15.4. The molecule has 0 radical (unpaired) electrons. The summed E-state index contributed by atoms with van der Waals surface area (Å²) in [5, 5.41) is 21.5. The molecule has 5 rings (SSSR count). The maximum Gasteiger partial charge on any atom is 0.223 e. The summed E-state index contributed by atoms with van der Waals surface area (Å²) >= 11 is 0. The van der Waals surface area contributed by atoms with Crippen molar-refractivity contribution in [3.63, 3.8) is 0 Å². The number of nitriles is 2. The maximum atomic E-state index is 13.2. The number of hydrogen-bond donors (Lipinski definition) is 0. The second-order valence-electron chi connectivity index (χ2n) is 8.85. The lowest BCUT2D eigenvalue weighted by Crippen LogP contribution is -2.23. The Morgan fingerprint density at radius 1 is 0.939 bits per heavy atom. The number of hydrogen-bond acceptors (Lipinski definition) is 4. The van der Waals surface area contributed by atoms with E-state index >= 15 is 0 Å². The fraction of sp³-hybridized carbons (Fsp3) is 0.107. The predicted molar refractivity (Wildman–Crippen MR) is 133 cm³/mol. The molecule has 5 heteroatoms. The average molecular weight is 425 g/mol. The van der Waals surface area contributed by atoms with Gasteiger partial charge in [0.2, 0.25) is 7.98 Å². The topological polar surface area (TPSA) is 67.9 Å². The third kappa shape index (κ3) is 2.87. The fourth-order valence-electron chi connectivity index (χ4n) is 5.22. The van der Waals surface area contributed by atoms with Crippen molar-refractivity contribution in [2.75, 3.05) is 4.81 Å². The first-order valence-electron chi connectivity index (χ1n) is 10.8. The Hall–Kier alpha value is -4.35. The van der Waals surface area contributed by atoms with Crippen LogP contribution in [0.25, 0.3) is 16.3 Å². The van der Waals surface area contributed by atoms with Crippen LogP contribution in [-0.2, 0) is 5.41 Å². The highest BCUT2D eigenvalue weighted by Gasteiger charge is 2.39. The van der Waals surface area contributed by atoms with Gasteiger partial charge in [-0.15, -0.1) is 0 Å². The van der Waals surface area contributed by atoms with Gasteiger partial charge in [0.15, 0.2) is 5.78 Å². The van der Waals surface area contributed by atoms with Gasteiger partial charge in [-0.05, 0) is 40.1 Å². The molecular formula is C28H20BN3O. The molecule has 4 nitrogen and oxygen atoms in total. The van der Waals surface area contributed by atoms with E-state index in [0.717, 1.165) is 11.4 Å². The van der Waals surface area contributed by atoms with E-state index < -0.39 is 0 Å². The van der Waals surface area contributed by atoms with E-state index in [1.54, 1.807) is 24.3 Å². The van der Waals surface area contributed by atoms with Crippen molar-refractivity contribution in [1.29, 1.82) is 10.5 Å². The van der Waals surface area contributed by atoms with Gasteiger partial charge in [0, 0.05) is 33.5 Å². The standard InChI is InChI=1S/C28H20BN3O/c1-28(2)24(32(29)23-13-11-17-7-3-4-8-19(17)26(23)28)14-12-22-25(18(15-30)16-31)20-9-5-6-10-21(20)27(22)33/h3-14H,29H2,1-2H3/b22-12-,24-14+. The lowest BCUT2D eigenvalue weighted by Gasteiger charge is -2.25. The number of fused-ring (bicyclic) bond motifs is 4. The van der Waals surface area contributed by atoms with Crippen LogP contribution in [-0.4, -0.2) is 13.8 Å². The highest BCUT2D eigenvalue weighted by atomic mass is 16.1. The monoisotopic (exact) mass is 425 g/mol. The minimum atomic E-state index is -0.298. The Morgan fingerprint density at radius 2 is 1.61 bits per heavy atom. The molecule has 2 aliphatic rings. The van der Waals surface area contributed by atoms with Crippen LogP contribution in [0.4, 0.5) is 5.69 Å². The largest absolute Gasteiger partial charge is 0.396 e. The number of nitrogens with zero attached hydrogens (tertiary/aromatic N) is 3. The molecule has 0 fully saturated rings. The zero-order valence-corrected chi connectivity index (χ0v) is 18.7. The molecule has 0 saturated carbocycles. The third-order valence-corrected chi connectivity index (χ3v) is 6.73.